The van der Waals surface area contributed by atoms with E-state index in [1.54, 1.807) is 6.07 Å². The van der Waals surface area contributed by atoms with E-state index >= 15 is 0 Å². The van der Waals surface area contributed by atoms with E-state index in [9.17, 15) is 26.8 Å². The van der Waals surface area contributed by atoms with Crippen LogP contribution in [0.4, 0.5) is 14.5 Å². The number of nitrogens with one attached hydrogen (secondary N) is 2. The summed E-state index contributed by atoms with van der Waals surface area (Å²) in [6.07, 6.45) is 0.736. The first-order valence-corrected chi connectivity index (χ1v) is 11.3. The van der Waals surface area contributed by atoms with E-state index in [4.69, 9.17) is 0 Å². The predicted molar refractivity (Wildman–Crippen MR) is 113 cm³/mol. The zero-order chi connectivity index (χ0) is 23.3. The molecule has 1 fully saturated rings. The summed E-state index contributed by atoms with van der Waals surface area (Å²) in [5.74, 6) is -1.04. The number of amides is 2. The number of rotatable bonds is 7. The van der Waals surface area contributed by atoms with Crippen molar-refractivity contribution in [1.82, 2.24) is 9.62 Å². The summed E-state index contributed by atoms with van der Waals surface area (Å²) in [5.41, 5.74) is 0.482. The number of ether oxygens (including phenoxy) is 1. The number of alkyl halides is 2. The standard InChI is InChI=1S/C21H23F2N3O5S/c1-14(27)24-15-6-8-17(9-7-15)32(29,30)26-12-10-16(11-13-26)25-20(28)18-4-2-3-5-19(18)31-21(22)23/h2-9,16,21H,10-13H2,1H3,(H,24,27)(H,25,28). The second-order valence-electron chi connectivity index (χ2n) is 7.23. The Morgan fingerprint density at radius 2 is 1.69 bits per heavy atom. The van der Waals surface area contributed by atoms with Crippen LogP contribution in [0.25, 0.3) is 0 Å². The Labute approximate surface area is 184 Å². The molecule has 0 unspecified atom stereocenters. The molecule has 3 rings (SSSR count). The number of halogens is 2. The van der Waals surface area contributed by atoms with Gasteiger partial charge in [-0.1, -0.05) is 12.1 Å². The van der Waals surface area contributed by atoms with Crippen molar-refractivity contribution in [3.05, 3.63) is 54.1 Å². The Balaban J connectivity index is 1.60. The Hall–Kier alpha value is -3.05. The molecule has 1 aliphatic heterocycles. The van der Waals surface area contributed by atoms with Crippen LogP contribution in [0.15, 0.2) is 53.4 Å². The van der Waals surface area contributed by atoms with E-state index in [0.29, 0.717) is 18.5 Å². The summed E-state index contributed by atoms with van der Waals surface area (Å²) in [5, 5.41) is 5.34. The summed E-state index contributed by atoms with van der Waals surface area (Å²) in [6.45, 7) is -1.31. The highest BCUT2D eigenvalue weighted by molar-refractivity contribution is 7.89. The molecule has 0 bridgehead atoms. The number of carbonyl (C=O) groups excluding carboxylic acids is 2. The minimum atomic E-state index is -3.73. The maximum absolute atomic E-state index is 12.9. The van der Waals surface area contributed by atoms with Crippen LogP contribution in [-0.2, 0) is 14.8 Å². The Bertz CT molecular complexity index is 1070. The van der Waals surface area contributed by atoms with E-state index in [2.05, 4.69) is 15.4 Å². The topological polar surface area (TPSA) is 105 Å². The van der Waals surface area contributed by atoms with Crippen molar-refractivity contribution in [3.8, 4) is 5.75 Å². The average Bonchev–Trinajstić information content (AvgIpc) is 2.74. The van der Waals surface area contributed by atoms with E-state index < -0.39 is 22.5 Å². The third-order valence-corrected chi connectivity index (χ3v) is 6.86. The predicted octanol–water partition coefficient (Wildman–Crippen LogP) is 2.83. The molecular weight excluding hydrogens is 444 g/mol. The molecule has 0 aromatic heterocycles. The van der Waals surface area contributed by atoms with Gasteiger partial charge in [0.05, 0.1) is 10.5 Å². The van der Waals surface area contributed by atoms with E-state index in [1.165, 1.54) is 53.7 Å². The number of hydrogen-bond acceptors (Lipinski definition) is 5. The molecule has 0 atom stereocenters. The maximum atomic E-state index is 12.9. The number of sulfonamides is 1. The smallest absolute Gasteiger partial charge is 0.387 e. The quantitative estimate of drug-likeness (QED) is 0.652. The lowest BCUT2D eigenvalue weighted by molar-refractivity contribution is -0.114. The SMILES string of the molecule is CC(=O)Nc1ccc(S(=O)(=O)N2CCC(NC(=O)c3ccccc3OC(F)F)CC2)cc1. The molecule has 1 aliphatic rings. The zero-order valence-corrected chi connectivity index (χ0v) is 18.1. The molecule has 2 aromatic carbocycles. The van der Waals surface area contributed by atoms with Gasteiger partial charge in [-0.2, -0.15) is 13.1 Å². The van der Waals surface area contributed by atoms with Gasteiger partial charge in [0.2, 0.25) is 15.9 Å². The molecule has 1 heterocycles. The summed E-state index contributed by atoms with van der Waals surface area (Å²) >= 11 is 0. The zero-order valence-electron chi connectivity index (χ0n) is 17.3. The van der Waals surface area contributed by atoms with Gasteiger partial charge in [0, 0.05) is 31.7 Å². The molecule has 2 N–H and O–H groups in total. The van der Waals surface area contributed by atoms with Crippen LogP contribution in [0.1, 0.15) is 30.1 Å². The third-order valence-electron chi connectivity index (χ3n) is 4.95. The minimum Gasteiger partial charge on any atom is -0.434 e. The molecule has 0 spiro atoms. The second kappa shape index (κ2) is 10.0. The molecular formula is C21H23F2N3O5S. The monoisotopic (exact) mass is 467 g/mol. The summed E-state index contributed by atoms with van der Waals surface area (Å²) in [4.78, 5) is 23.7. The first-order valence-electron chi connectivity index (χ1n) is 9.89. The second-order valence-corrected chi connectivity index (χ2v) is 9.17. The highest BCUT2D eigenvalue weighted by Crippen LogP contribution is 2.24. The molecule has 0 saturated carbocycles. The highest BCUT2D eigenvalue weighted by atomic mass is 32.2. The van der Waals surface area contributed by atoms with Crippen molar-refractivity contribution in [2.24, 2.45) is 0 Å². The van der Waals surface area contributed by atoms with Crippen molar-refractivity contribution in [2.45, 2.75) is 37.3 Å². The lowest BCUT2D eigenvalue weighted by atomic mass is 10.1. The Kier molecular flexibility index (Phi) is 7.41. The van der Waals surface area contributed by atoms with Gasteiger partial charge in [0.1, 0.15) is 5.75 Å². The van der Waals surface area contributed by atoms with Crippen LogP contribution >= 0.6 is 0 Å². The van der Waals surface area contributed by atoms with Gasteiger partial charge in [-0.05, 0) is 49.2 Å². The summed E-state index contributed by atoms with van der Waals surface area (Å²) in [7, 11) is -3.73. The fourth-order valence-electron chi connectivity index (χ4n) is 3.42. The van der Waals surface area contributed by atoms with Gasteiger partial charge in [-0.15, -0.1) is 0 Å². The third kappa shape index (κ3) is 5.80. The number of carbonyl (C=O) groups is 2. The summed E-state index contributed by atoms with van der Waals surface area (Å²) in [6, 6.07) is 11.3. The van der Waals surface area contributed by atoms with E-state index in [0.717, 1.165) is 0 Å². The van der Waals surface area contributed by atoms with Crippen molar-refractivity contribution < 1.29 is 31.5 Å². The number of piperidine rings is 1. The van der Waals surface area contributed by atoms with Crippen LogP contribution in [0.2, 0.25) is 0 Å². The Morgan fingerprint density at radius 3 is 2.28 bits per heavy atom. The molecule has 2 aromatic rings. The molecule has 8 nitrogen and oxygen atoms in total. The Morgan fingerprint density at radius 1 is 1.06 bits per heavy atom. The van der Waals surface area contributed by atoms with Gasteiger partial charge in [-0.25, -0.2) is 8.42 Å². The number of anilines is 1. The van der Waals surface area contributed by atoms with Gasteiger partial charge in [0.15, 0.2) is 0 Å². The molecule has 11 heteroatoms. The fraction of sp³-hybridized carbons (Fsp3) is 0.333. The van der Waals surface area contributed by atoms with Crippen molar-refractivity contribution in [3.63, 3.8) is 0 Å². The van der Waals surface area contributed by atoms with Crippen LogP contribution in [-0.4, -0.2) is 50.3 Å². The normalized spacial score (nSPS) is 15.4. The lowest BCUT2D eigenvalue weighted by Gasteiger charge is -2.31. The number of para-hydroxylation sites is 1. The van der Waals surface area contributed by atoms with Crippen molar-refractivity contribution in [1.29, 1.82) is 0 Å². The first kappa shape index (κ1) is 23.6. The van der Waals surface area contributed by atoms with Crippen LogP contribution in [0.3, 0.4) is 0 Å². The van der Waals surface area contributed by atoms with Crippen molar-refractivity contribution in [2.75, 3.05) is 18.4 Å². The van der Waals surface area contributed by atoms with Crippen molar-refractivity contribution >= 4 is 27.5 Å². The molecule has 172 valence electrons. The lowest BCUT2D eigenvalue weighted by Crippen LogP contribution is -2.46. The van der Waals surface area contributed by atoms with Gasteiger partial charge < -0.3 is 15.4 Å². The minimum absolute atomic E-state index is 0.0119. The largest absolute Gasteiger partial charge is 0.434 e. The average molecular weight is 467 g/mol. The van der Waals surface area contributed by atoms with Gasteiger partial charge >= 0.3 is 6.61 Å². The molecule has 2 amide bonds. The summed E-state index contributed by atoms with van der Waals surface area (Å²) < 4.78 is 56.6. The highest BCUT2D eigenvalue weighted by Gasteiger charge is 2.30. The van der Waals surface area contributed by atoms with Gasteiger partial charge in [0.25, 0.3) is 5.91 Å². The molecule has 32 heavy (non-hydrogen) atoms. The van der Waals surface area contributed by atoms with Crippen LogP contribution in [0.5, 0.6) is 5.75 Å². The maximum Gasteiger partial charge on any atom is 0.387 e. The van der Waals surface area contributed by atoms with E-state index in [-0.39, 0.29) is 41.2 Å². The van der Waals surface area contributed by atoms with Crippen LogP contribution < -0.4 is 15.4 Å². The van der Waals surface area contributed by atoms with Gasteiger partial charge in [-0.3, -0.25) is 9.59 Å². The van der Waals surface area contributed by atoms with Crippen LogP contribution in [0, 0.1) is 0 Å². The number of hydrogen-bond donors (Lipinski definition) is 2. The number of benzene rings is 2. The first-order chi connectivity index (χ1) is 15.2. The number of nitrogens with zero attached hydrogens (tertiary/aromatic N) is 1. The molecule has 1 saturated heterocycles. The molecule has 0 radical (unpaired) electrons. The fourth-order valence-corrected chi connectivity index (χ4v) is 4.89. The molecule has 0 aliphatic carbocycles. The van der Waals surface area contributed by atoms with E-state index in [1.807, 2.05) is 0 Å².